The Kier molecular flexibility index (Phi) is 3.56. The minimum absolute atomic E-state index is 0.0414. The molecule has 0 saturated carbocycles. The van der Waals surface area contributed by atoms with Gasteiger partial charge in [-0.05, 0) is 26.3 Å². The van der Waals surface area contributed by atoms with Crippen molar-refractivity contribution in [1.29, 1.82) is 0 Å². The molecule has 0 bridgehead atoms. The molecule has 0 spiro atoms. The van der Waals surface area contributed by atoms with Crippen molar-refractivity contribution in [3.05, 3.63) is 18.2 Å². The highest BCUT2D eigenvalue weighted by Crippen LogP contribution is 2.22. The van der Waals surface area contributed by atoms with Gasteiger partial charge in [0.2, 0.25) is 5.91 Å². The Balaban J connectivity index is 2.03. The zero-order valence-electron chi connectivity index (χ0n) is 9.57. The first kappa shape index (κ1) is 11.1. The topological polar surface area (TPSA) is 59.0 Å². The first-order valence-electron chi connectivity index (χ1n) is 5.81. The van der Waals surface area contributed by atoms with Gasteiger partial charge >= 0.3 is 0 Å². The van der Waals surface area contributed by atoms with E-state index in [9.17, 15) is 4.79 Å². The second-order valence-corrected chi connectivity index (χ2v) is 4.05. The van der Waals surface area contributed by atoms with E-state index in [1.807, 2.05) is 17.7 Å². The number of nitrogens with one attached hydrogen (secondary N) is 2. The molecule has 16 heavy (non-hydrogen) atoms. The summed E-state index contributed by atoms with van der Waals surface area (Å²) in [7, 11) is 0. The Bertz CT molecular complexity index is 355. The highest BCUT2D eigenvalue weighted by Gasteiger charge is 2.20. The first-order chi connectivity index (χ1) is 7.81. The summed E-state index contributed by atoms with van der Waals surface area (Å²) in [6, 6.07) is 0.358. The third-order valence-electron chi connectivity index (χ3n) is 2.85. The molecule has 0 unspecified atom stereocenters. The number of imidazole rings is 1. The predicted octanol–water partition coefficient (Wildman–Crippen LogP) is 0.444. The molecule has 1 aliphatic rings. The van der Waals surface area contributed by atoms with Crippen molar-refractivity contribution in [2.45, 2.75) is 32.4 Å². The van der Waals surface area contributed by atoms with Crippen molar-refractivity contribution in [2.75, 3.05) is 13.1 Å². The van der Waals surface area contributed by atoms with Crippen LogP contribution in [0.2, 0.25) is 0 Å². The first-order valence-corrected chi connectivity index (χ1v) is 5.81. The number of amides is 1. The lowest BCUT2D eigenvalue weighted by molar-refractivity contribution is -0.121. The molecule has 0 aliphatic carbocycles. The van der Waals surface area contributed by atoms with Crippen molar-refractivity contribution in [3.8, 4) is 0 Å². The molecule has 1 aromatic heterocycles. The number of hydrogen-bond donors (Lipinski definition) is 2. The second-order valence-electron chi connectivity index (χ2n) is 4.05. The van der Waals surface area contributed by atoms with Crippen molar-refractivity contribution in [2.24, 2.45) is 0 Å². The molecule has 1 saturated heterocycles. The predicted molar refractivity (Wildman–Crippen MR) is 60.9 cm³/mol. The molecule has 1 fully saturated rings. The fraction of sp³-hybridized carbons (Fsp3) is 0.636. The van der Waals surface area contributed by atoms with Crippen molar-refractivity contribution in [3.63, 3.8) is 0 Å². The maximum absolute atomic E-state index is 11.5. The molecular formula is C11H18N4O. The Morgan fingerprint density at radius 3 is 3.31 bits per heavy atom. The van der Waals surface area contributed by atoms with E-state index >= 15 is 0 Å². The maximum atomic E-state index is 11.5. The number of carbonyl (C=O) groups is 1. The Labute approximate surface area is 95.2 Å². The molecule has 2 rings (SSSR count). The smallest absolute Gasteiger partial charge is 0.239 e. The molecule has 88 valence electrons. The van der Waals surface area contributed by atoms with Crippen LogP contribution in [0.3, 0.4) is 0 Å². The maximum Gasteiger partial charge on any atom is 0.239 e. The summed E-state index contributed by atoms with van der Waals surface area (Å²) in [4.78, 5) is 15.6. The summed E-state index contributed by atoms with van der Waals surface area (Å²) in [6.07, 6.45) is 5.89. The van der Waals surface area contributed by atoms with Crippen LogP contribution in [0.1, 0.15) is 31.5 Å². The standard InChI is InChI=1S/C11H18N4O/c1-2-13-11(16)7-15-8-12-6-10(15)9-4-3-5-14-9/h6,8-9,14H,2-5,7H2,1H3,(H,13,16)/t9-/m0/s1. The Hall–Kier alpha value is -1.36. The van der Waals surface area contributed by atoms with E-state index in [0.29, 0.717) is 19.1 Å². The summed E-state index contributed by atoms with van der Waals surface area (Å²) in [5, 5.41) is 6.21. The van der Waals surface area contributed by atoms with Gasteiger partial charge in [-0.1, -0.05) is 0 Å². The molecule has 1 aliphatic heterocycles. The van der Waals surface area contributed by atoms with Crippen molar-refractivity contribution >= 4 is 5.91 Å². The fourth-order valence-electron chi connectivity index (χ4n) is 2.10. The summed E-state index contributed by atoms with van der Waals surface area (Å²) >= 11 is 0. The van der Waals surface area contributed by atoms with E-state index in [4.69, 9.17) is 0 Å². The molecule has 1 aromatic rings. The van der Waals surface area contributed by atoms with Crippen LogP contribution < -0.4 is 10.6 Å². The van der Waals surface area contributed by atoms with E-state index in [1.165, 1.54) is 6.42 Å². The average Bonchev–Trinajstić information content (AvgIpc) is 2.86. The van der Waals surface area contributed by atoms with Crippen LogP contribution in [-0.4, -0.2) is 28.5 Å². The summed E-state index contributed by atoms with van der Waals surface area (Å²) in [6.45, 7) is 4.01. The molecule has 2 N–H and O–H groups in total. The summed E-state index contributed by atoms with van der Waals surface area (Å²) in [5.74, 6) is 0.0414. The molecular weight excluding hydrogens is 204 g/mol. The van der Waals surface area contributed by atoms with Crippen LogP contribution in [-0.2, 0) is 11.3 Å². The van der Waals surface area contributed by atoms with Gasteiger partial charge < -0.3 is 15.2 Å². The summed E-state index contributed by atoms with van der Waals surface area (Å²) < 4.78 is 1.92. The zero-order chi connectivity index (χ0) is 11.4. The molecule has 0 aromatic carbocycles. The van der Waals surface area contributed by atoms with E-state index in [0.717, 1.165) is 18.7 Å². The van der Waals surface area contributed by atoms with E-state index in [1.54, 1.807) is 6.33 Å². The van der Waals surface area contributed by atoms with Gasteiger partial charge in [-0.25, -0.2) is 4.98 Å². The minimum atomic E-state index is 0.0414. The van der Waals surface area contributed by atoms with Gasteiger partial charge in [0.05, 0.1) is 12.0 Å². The molecule has 1 atom stereocenters. The van der Waals surface area contributed by atoms with Gasteiger partial charge in [0.25, 0.3) is 0 Å². The largest absolute Gasteiger partial charge is 0.355 e. The monoisotopic (exact) mass is 222 g/mol. The number of hydrogen-bond acceptors (Lipinski definition) is 3. The van der Waals surface area contributed by atoms with Crippen molar-refractivity contribution in [1.82, 2.24) is 20.2 Å². The third kappa shape index (κ3) is 2.41. The highest BCUT2D eigenvalue weighted by molar-refractivity contribution is 5.75. The SMILES string of the molecule is CCNC(=O)Cn1cncc1[C@@H]1CCCN1. The molecule has 0 radical (unpaired) electrons. The van der Waals surface area contributed by atoms with Crippen LogP contribution in [0, 0.1) is 0 Å². The van der Waals surface area contributed by atoms with Gasteiger partial charge in [-0.3, -0.25) is 4.79 Å². The minimum Gasteiger partial charge on any atom is -0.355 e. The Morgan fingerprint density at radius 1 is 1.75 bits per heavy atom. The molecule has 1 amide bonds. The van der Waals surface area contributed by atoms with Crippen LogP contribution >= 0.6 is 0 Å². The van der Waals surface area contributed by atoms with Gasteiger partial charge in [-0.2, -0.15) is 0 Å². The molecule has 5 heteroatoms. The van der Waals surface area contributed by atoms with Crippen LogP contribution in [0.25, 0.3) is 0 Å². The molecule has 5 nitrogen and oxygen atoms in total. The van der Waals surface area contributed by atoms with E-state index in [2.05, 4.69) is 15.6 Å². The lowest BCUT2D eigenvalue weighted by atomic mass is 10.2. The summed E-state index contributed by atoms with van der Waals surface area (Å²) in [5.41, 5.74) is 1.11. The van der Waals surface area contributed by atoms with Gasteiger partial charge in [-0.15, -0.1) is 0 Å². The van der Waals surface area contributed by atoms with Gasteiger partial charge in [0, 0.05) is 18.8 Å². The van der Waals surface area contributed by atoms with Gasteiger partial charge in [0.1, 0.15) is 6.54 Å². The molecule has 2 heterocycles. The lowest BCUT2D eigenvalue weighted by Gasteiger charge is -2.13. The highest BCUT2D eigenvalue weighted by atomic mass is 16.1. The Morgan fingerprint density at radius 2 is 2.62 bits per heavy atom. The second kappa shape index (κ2) is 5.12. The number of carbonyl (C=O) groups excluding carboxylic acids is 1. The average molecular weight is 222 g/mol. The zero-order valence-corrected chi connectivity index (χ0v) is 9.57. The van der Waals surface area contributed by atoms with Crippen molar-refractivity contribution < 1.29 is 4.79 Å². The number of aromatic nitrogens is 2. The van der Waals surface area contributed by atoms with Crippen LogP contribution in [0.5, 0.6) is 0 Å². The number of rotatable bonds is 4. The quantitative estimate of drug-likeness (QED) is 0.777. The number of likely N-dealkylation sites (N-methyl/N-ethyl adjacent to an activating group) is 1. The third-order valence-corrected chi connectivity index (χ3v) is 2.85. The van der Waals surface area contributed by atoms with E-state index < -0.39 is 0 Å². The van der Waals surface area contributed by atoms with Crippen LogP contribution in [0.4, 0.5) is 0 Å². The van der Waals surface area contributed by atoms with E-state index in [-0.39, 0.29) is 5.91 Å². The van der Waals surface area contributed by atoms with Crippen LogP contribution in [0.15, 0.2) is 12.5 Å². The van der Waals surface area contributed by atoms with Gasteiger partial charge in [0.15, 0.2) is 0 Å². The lowest BCUT2D eigenvalue weighted by Crippen LogP contribution is -2.28. The normalized spacial score (nSPS) is 19.9. The fourth-order valence-corrected chi connectivity index (χ4v) is 2.10. The number of nitrogens with zero attached hydrogens (tertiary/aromatic N) is 2.